The lowest BCUT2D eigenvalue weighted by Gasteiger charge is -2.25. The molecule has 2 rings (SSSR count). The summed E-state index contributed by atoms with van der Waals surface area (Å²) in [6.45, 7) is -0.423. The molecule has 132 valence electrons. The van der Waals surface area contributed by atoms with Crippen molar-refractivity contribution in [3.05, 3.63) is 26.9 Å². The molecule has 0 aliphatic carbocycles. The highest BCUT2D eigenvalue weighted by atomic mass is 32.2. The average molecular weight is 395 g/mol. The summed E-state index contributed by atoms with van der Waals surface area (Å²) in [4.78, 5) is 32.1. The Balaban J connectivity index is 2.48. The third kappa shape index (κ3) is 3.96. The molecule has 1 aliphatic rings. The molecule has 0 saturated carbocycles. The van der Waals surface area contributed by atoms with E-state index in [-0.39, 0.29) is 10.3 Å². The van der Waals surface area contributed by atoms with Crippen LogP contribution in [-0.4, -0.2) is 55.6 Å². The summed E-state index contributed by atoms with van der Waals surface area (Å²) in [6.07, 6.45) is -0.766. The van der Waals surface area contributed by atoms with Crippen molar-refractivity contribution in [3.63, 3.8) is 0 Å². The molecule has 4 unspecified atom stereocenters. The summed E-state index contributed by atoms with van der Waals surface area (Å²) in [5.41, 5.74) is -0.823. The standard InChI is InChI=1S/C11H14N3O7PS2/c1-20-8-7(21-22(17,18)19)6(4-15)24-10(8)14-3-5(2-12)9(16)13-11(14)23/h3,6-8,10,15H,4H2,1H3,(H,13,16,23)(H2,17,18,19). The number of ether oxygens (including phenoxy) is 1. The number of thioether (sulfide) groups is 1. The highest BCUT2D eigenvalue weighted by Crippen LogP contribution is 2.50. The number of methoxy groups -OCH3 is 1. The number of nitrogens with one attached hydrogen (secondary N) is 1. The van der Waals surface area contributed by atoms with Gasteiger partial charge in [-0.15, -0.1) is 11.8 Å². The summed E-state index contributed by atoms with van der Waals surface area (Å²) < 4.78 is 22.6. The summed E-state index contributed by atoms with van der Waals surface area (Å²) in [5, 5.41) is 17.1. The highest BCUT2D eigenvalue weighted by Gasteiger charge is 2.48. The van der Waals surface area contributed by atoms with Crippen LogP contribution < -0.4 is 5.56 Å². The van der Waals surface area contributed by atoms with E-state index >= 15 is 0 Å². The fraction of sp³-hybridized carbons (Fsp3) is 0.545. The Morgan fingerprint density at radius 3 is 2.71 bits per heavy atom. The molecule has 1 aliphatic heterocycles. The number of aromatic amines is 1. The van der Waals surface area contributed by atoms with Crippen LogP contribution in [0.4, 0.5) is 0 Å². The Labute approximate surface area is 145 Å². The van der Waals surface area contributed by atoms with Crippen LogP contribution >= 0.6 is 31.8 Å². The molecule has 1 aromatic rings. The Kier molecular flexibility index (Phi) is 6.00. The molecule has 4 atom stereocenters. The van der Waals surface area contributed by atoms with Gasteiger partial charge in [-0.2, -0.15) is 5.26 Å². The second-order valence-corrected chi connectivity index (χ2v) is 7.77. The fourth-order valence-corrected chi connectivity index (χ4v) is 4.89. The van der Waals surface area contributed by atoms with Crippen molar-refractivity contribution < 1.29 is 28.7 Å². The normalized spacial score (nSPS) is 27.1. The minimum absolute atomic E-state index is 0.00655. The van der Waals surface area contributed by atoms with Crippen LogP contribution in [0.1, 0.15) is 10.9 Å². The van der Waals surface area contributed by atoms with Gasteiger partial charge < -0.3 is 24.2 Å². The summed E-state index contributed by atoms with van der Waals surface area (Å²) in [5.74, 6) is 0. The van der Waals surface area contributed by atoms with Crippen LogP contribution in [0.15, 0.2) is 11.0 Å². The van der Waals surface area contributed by atoms with Gasteiger partial charge in [0.05, 0.1) is 11.9 Å². The molecule has 0 amide bonds. The van der Waals surface area contributed by atoms with Gasteiger partial charge in [-0.1, -0.05) is 0 Å². The molecule has 1 aromatic heterocycles. The van der Waals surface area contributed by atoms with Gasteiger partial charge in [-0.05, 0) is 12.2 Å². The minimum Gasteiger partial charge on any atom is -0.395 e. The van der Waals surface area contributed by atoms with E-state index in [2.05, 4.69) is 4.98 Å². The first-order valence-electron chi connectivity index (χ1n) is 6.50. The van der Waals surface area contributed by atoms with Crippen molar-refractivity contribution in [2.75, 3.05) is 13.7 Å². The number of aliphatic hydroxyl groups excluding tert-OH is 1. The van der Waals surface area contributed by atoms with Crippen molar-refractivity contribution in [3.8, 4) is 6.07 Å². The lowest BCUT2D eigenvalue weighted by atomic mass is 10.1. The van der Waals surface area contributed by atoms with E-state index in [1.807, 2.05) is 0 Å². The number of aromatic nitrogens is 2. The quantitative estimate of drug-likeness (QED) is 0.391. The van der Waals surface area contributed by atoms with E-state index in [9.17, 15) is 14.5 Å². The monoisotopic (exact) mass is 395 g/mol. The molecular weight excluding hydrogens is 381 g/mol. The van der Waals surface area contributed by atoms with Gasteiger partial charge in [-0.3, -0.25) is 14.3 Å². The maximum atomic E-state index is 11.6. The van der Waals surface area contributed by atoms with Crippen molar-refractivity contribution in [2.45, 2.75) is 22.8 Å². The maximum Gasteiger partial charge on any atom is 0.469 e. The molecule has 4 N–H and O–H groups in total. The van der Waals surface area contributed by atoms with Crippen molar-refractivity contribution >= 4 is 31.8 Å². The number of aliphatic hydroxyl groups is 1. The Bertz CT molecular complexity index is 813. The van der Waals surface area contributed by atoms with Crippen molar-refractivity contribution in [1.29, 1.82) is 5.26 Å². The zero-order valence-corrected chi connectivity index (χ0v) is 14.8. The van der Waals surface area contributed by atoms with Gasteiger partial charge in [0.15, 0.2) is 4.77 Å². The first kappa shape index (κ1) is 19.3. The van der Waals surface area contributed by atoms with Crippen molar-refractivity contribution in [1.82, 2.24) is 9.55 Å². The molecular formula is C11H14N3O7PS2. The van der Waals surface area contributed by atoms with Crippen LogP contribution in [-0.2, 0) is 13.8 Å². The predicted molar refractivity (Wildman–Crippen MR) is 85.8 cm³/mol. The van der Waals surface area contributed by atoms with Crippen LogP contribution in [0, 0.1) is 16.1 Å². The summed E-state index contributed by atoms with van der Waals surface area (Å²) in [7, 11) is -3.50. The van der Waals surface area contributed by atoms with Crippen LogP contribution in [0.2, 0.25) is 0 Å². The predicted octanol–water partition coefficient (Wildman–Crippen LogP) is -0.123. The summed E-state index contributed by atoms with van der Waals surface area (Å²) in [6, 6.07) is 1.73. The van der Waals surface area contributed by atoms with Gasteiger partial charge in [0, 0.05) is 13.3 Å². The van der Waals surface area contributed by atoms with Gasteiger partial charge in [-0.25, -0.2) is 4.57 Å². The number of nitrogens with zero attached hydrogens (tertiary/aromatic N) is 2. The van der Waals surface area contributed by atoms with Gasteiger partial charge in [0.25, 0.3) is 5.56 Å². The molecule has 24 heavy (non-hydrogen) atoms. The summed E-state index contributed by atoms with van der Waals surface area (Å²) >= 11 is 6.19. The van der Waals surface area contributed by atoms with E-state index in [1.165, 1.54) is 17.9 Å². The lowest BCUT2D eigenvalue weighted by molar-refractivity contribution is -0.0180. The molecule has 1 saturated heterocycles. The molecule has 0 spiro atoms. The molecule has 1 fully saturated rings. The molecule has 10 nitrogen and oxygen atoms in total. The SMILES string of the molecule is COC1C(OP(=O)(O)O)C(CO)SC1n1cc(C#N)c(=O)[nH]c1=S. The van der Waals surface area contributed by atoms with Gasteiger partial charge in [0.1, 0.15) is 29.2 Å². The van der Waals surface area contributed by atoms with Crippen LogP contribution in [0.5, 0.6) is 0 Å². The zero-order chi connectivity index (χ0) is 18.1. The number of hydrogen-bond acceptors (Lipinski definition) is 8. The van der Waals surface area contributed by atoms with E-state index in [1.54, 1.807) is 6.07 Å². The second-order valence-electron chi connectivity index (χ2n) is 4.83. The average Bonchev–Trinajstić information content (AvgIpc) is 2.82. The first-order chi connectivity index (χ1) is 11.2. The van der Waals surface area contributed by atoms with Crippen LogP contribution in [0.3, 0.4) is 0 Å². The Hall–Kier alpha value is -1.03. The molecule has 0 bridgehead atoms. The number of phosphoric acid groups is 1. The van der Waals surface area contributed by atoms with Gasteiger partial charge >= 0.3 is 7.82 Å². The lowest BCUT2D eigenvalue weighted by Crippen LogP contribution is -2.37. The number of H-pyrrole nitrogens is 1. The number of rotatable bonds is 5. The third-order valence-electron chi connectivity index (χ3n) is 3.36. The maximum absolute atomic E-state index is 11.6. The highest BCUT2D eigenvalue weighted by molar-refractivity contribution is 8.00. The van der Waals surface area contributed by atoms with E-state index < -0.39 is 42.8 Å². The van der Waals surface area contributed by atoms with Crippen LogP contribution in [0.25, 0.3) is 0 Å². The zero-order valence-electron chi connectivity index (χ0n) is 12.2. The fourth-order valence-electron chi connectivity index (χ4n) is 2.37. The van der Waals surface area contributed by atoms with Gasteiger partial charge in [0.2, 0.25) is 0 Å². The minimum atomic E-state index is -4.82. The smallest absolute Gasteiger partial charge is 0.395 e. The number of nitriles is 1. The Morgan fingerprint density at radius 2 is 2.21 bits per heavy atom. The molecule has 0 radical (unpaired) electrons. The molecule has 2 heterocycles. The van der Waals surface area contributed by atoms with E-state index in [4.69, 9.17) is 36.5 Å². The molecule has 0 aromatic carbocycles. The largest absolute Gasteiger partial charge is 0.469 e. The Morgan fingerprint density at radius 1 is 1.54 bits per heavy atom. The topological polar surface area (TPSA) is 158 Å². The van der Waals surface area contributed by atoms with E-state index in [0.717, 1.165) is 11.8 Å². The third-order valence-corrected chi connectivity index (χ3v) is 5.73. The number of phosphoric ester groups is 1. The van der Waals surface area contributed by atoms with E-state index in [0.29, 0.717) is 0 Å². The first-order valence-corrected chi connectivity index (χ1v) is 9.38. The van der Waals surface area contributed by atoms with Crippen molar-refractivity contribution in [2.24, 2.45) is 0 Å². The number of hydrogen-bond donors (Lipinski definition) is 4. The second kappa shape index (κ2) is 7.47. The molecule has 13 heteroatoms.